The molecule has 0 amide bonds. The topological polar surface area (TPSA) is 83.6 Å². The Morgan fingerprint density at radius 2 is 1.64 bits per heavy atom. The Morgan fingerprint density at radius 1 is 0.957 bits per heavy atom. The average Bonchev–Trinajstić information content (AvgIpc) is 3.68. The average molecular weight is 641 g/mol. The number of esters is 1. The number of methoxy groups -OCH3 is 1. The second-order valence-electron chi connectivity index (χ2n) is 15.6. The maximum Gasteiger partial charge on any atom is 0.318 e. The van der Waals surface area contributed by atoms with E-state index < -0.39 is 28.6 Å². The summed E-state index contributed by atoms with van der Waals surface area (Å²) < 4.78 is 31.8. The van der Waals surface area contributed by atoms with Gasteiger partial charge in [0.1, 0.15) is 30.0 Å². The Hall–Kier alpha value is -2.84. The fraction of sp³-hybridized carbons (Fsp3) is 0.600. The van der Waals surface area contributed by atoms with E-state index >= 15 is 4.79 Å². The minimum atomic E-state index is -1.15. The van der Waals surface area contributed by atoms with Crippen molar-refractivity contribution >= 4 is 12.3 Å². The molecule has 0 spiro atoms. The molecule has 2 saturated heterocycles. The van der Waals surface area contributed by atoms with E-state index in [2.05, 4.69) is 26.8 Å². The van der Waals surface area contributed by atoms with Crippen LogP contribution in [-0.4, -0.2) is 56.7 Å². The monoisotopic (exact) mass is 640 g/mol. The number of hydrogen-bond acceptors (Lipinski definition) is 7. The van der Waals surface area contributed by atoms with E-state index in [0.717, 1.165) is 36.0 Å². The van der Waals surface area contributed by atoms with Crippen LogP contribution >= 0.6 is 0 Å². The minimum Gasteiger partial charge on any atom is -0.452 e. The van der Waals surface area contributed by atoms with Gasteiger partial charge in [-0.3, -0.25) is 4.79 Å². The number of rotatable bonds is 10. The van der Waals surface area contributed by atoms with Gasteiger partial charge in [0.25, 0.3) is 0 Å². The van der Waals surface area contributed by atoms with Crippen molar-refractivity contribution in [2.75, 3.05) is 13.7 Å². The first kappa shape index (κ1) is 31.4. The fourth-order valence-electron chi connectivity index (χ4n) is 11.3. The van der Waals surface area contributed by atoms with Gasteiger partial charge in [-0.1, -0.05) is 99.5 Å². The van der Waals surface area contributed by atoms with Crippen LogP contribution in [0, 0.1) is 45.8 Å². The van der Waals surface area contributed by atoms with E-state index in [1.165, 1.54) is 6.29 Å². The van der Waals surface area contributed by atoms with Crippen molar-refractivity contribution in [2.45, 2.75) is 90.2 Å². The maximum absolute atomic E-state index is 15.7. The van der Waals surface area contributed by atoms with Gasteiger partial charge in [0.05, 0.1) is 18.1 Å². The fourth-order valence-corrected chi connectivity index (χ4v) is 11.3. The lowest BCUT2D eigenvalue weighted by molar-refractivity contribution is -0.239. The van der Waals surface area contributed by atoms with Crippen LogP contribution in [0.1, 0.15) is 70.6 Å². The van der Waals surface area contributed by atoms with Crippen LogP contribution in [-0.2, 0) is 33.3 Å². The predicted molar refractivity (Wildman–Crippen MR) is 175 cm³/mol. The lowest BCUT2D eigenvalue weighted by Crippen LogP contribution is -2.64. The van der Waals surface area contributed by atoms with Crippen LogP contribution in [0.4, 0.5) is 0 Å². The number of benzene rings is 2. The zero-order chi connectivity index (χ0) is 32.7. The third kappa shape index (κ3) is 4.25. The van der Waals surface area contributed by atoms with Crippen LogP contribution in [0.15, 0.2) is 72.3 Å². The van der Waals surface area contributed by atoms with Crippen molar-refractivity contribution < 1.29 is 33.3 Å². The highest BCUT2D eigenvalue weighted by molar-refractivity contribution is 5.92. The molecule has 0 radical (unpaired) electrons. The van der Waals surface area contributed by atoms with Crippen LogP contribution in [0.5, 0.6) is 0 Å². The Balaban J connectivity index is 1.24. The quantitative estimate of drug-likeness (QED) is 0.124. The zero-order valence-electron chi connectivity index (χ0n) is 28.2. The van der Waals surface area contributed by atoms with Crippen molar-refractivity contribution in [3.05, 3.63) is 83.4 Å². The van der Waals surface area contributed by atoms with E-state index in [9.17, 15) is 4.79 Å². The first-order chi connectivity index (χ1) is 22.7. The summed E-state index contributed by atoms with van der Waals surface area (Å²) in [6.07, 6.45) is 5.25. The number of carbonyl (C=O) groups excluding carboxylic acids is 2. The molecule has 0 N–H and O–H groups in total. The van der Waals surface area contributed by atoms with E-state index in [1.807, 2.05) is 67.6 Å². The highest BCUT2D eigenvalue weighted by Gasteiger charge is 2.85. The third-order valence-electron chi connectivity index (χ3n) is 13.3. The standard InChI is InChI=1S/C40H48O7/c1-23(2)31-18-28-19-38(21-41)30-17-16-24(3)29(30)20-39(28,22-44-36-35-34(46-35)32(43-5)25(4)45-36)40(31,38)37(42)47-33(26-12-8-6-9-13-26)27-14-10-7-11-15-27/h6-15,18,21,23-25,28-30,32-36H,16-17,19-20,22H2,1-5H3/t24-,25-,28+,29-,30-,32-,34+,35+,36-,38+,39+,40+/m1/s1. The van der Waals surface area contributed by atoms with Gasteiger partial charge >= 0.3 is 5.97 Å². The summed E-state index contributed by atoms with van der Waals surface area (Å²) in [4.78, 5) is 29.6. The summed E-state index contributed by atoms with van der Waals surface area (Å²) in [6.45, 7) is 8.93. The molecule has 7 heteroatoms. The molecular formula is C40H48O7. The van der Waals surface area contributed by atoms with Crippen molar-refractivity contribution in [2.24, 2.45) is 45.8 Å². The molecule has 6 aliphatic rings. The third-order valence-corrected chi connectivity index (χ3v) is 13.3. The molecule has 7 nitrogen and oxygen atoms in total. The van der Waals surface area contributed by atoms with Crippen molar-refractivity contribution in [1.82, 2.24) is 0 Å². The van der Waals surface area contributed by atoms with Crippen LogP contribution in [0.25, 0.3) is 0 Å². The van der Waals surface area contributed by atoms with Crippen LogP contribution < -0.4 is 0 Å². The number of epoxide rings is 1. The molecule has 3 saturated carbocycles. The number of allylic oxidation sites excluding steroid dienone is 1. The number of fused-ring (bicyclic) bond motifs is 3. The van der Waals surface area contributed by atoms with E-state index in [-0.39, 0.29) is 48.1 Å². The highest BCUT2D eigenvalue weighted by Crippen LogP contribution is 2.83. The smallest absolute Gasteiger partial charge is 0.318 e. The summed E-state index contributed by atoms with van der Waals surface area (Å²) in [7, 11) is 1.69. The molecule has 2 aromatic carbocycles. The Kier molecular flexibility index (Phi) is 7.60. The van der Waals surface area contributed by atoms with Crippen molar-refractivity contribution in [3.8, 4) is 0 Å². The zero-order valence-corrected chi connectivity index (χ0v) is 28.2. The van der Waals surface area contributed by atoms with Gasteiger partial charge in [-0.15, -0.1) is 0 Å². The molecule has 4 aliphatic carbocycles. The summed E-state index contributed by atoms with van der Waals surface area (Å²) in [5, 5.41) is 0. The first-order valence-electron chi connectivity index (χ1n) is 17.7. The second kappa shape index (κ2) is 11.4. The van der Waals surface area contributed by atoms with Gasteiger partial charge < -0.3 is 28.5 Å². The molecule has 5 fully saturated rings. The summed E-state index contributed by atoms with van der Waals surface area (Å²) in [5.74, 6) is 0.714. The van der Waals surface area contributed by atoms with Gasteiger partial charge in [-0.05, 0) is 66.9 Å². The van der Waals surface area contributed by atoms with Crippen molar-refractivity contribution in [3.63, 3.8) is 0 Å². The largest absolute Gasteiger partial charge is 0.452 e. The minimum absolute atomic E-state index is 0.0195. The predicted octanol–water partition coefficient (Wildman–Crippen LogP) is 6.70. The summed E-state index contributed by atoms with van der Waals surface area (Å²) in [5.41, 5.74) is 0.208. The van der Waals surface area contributed by atoms with Crippen LogP contribution in [0.3, 0.4) is 0 Å². The molecule has 2 aromatic rings. The molecule has 2 heterocycles. The number of aldehydes is 1. The number of hydrogen-bond donors (Lipinski definition) is 0. The SMILES string of the molecule is CO[C@H]1[C@@H]2O[C@@H]2[C@H](OC[C@@]23C[C@@H]4[C@H](C)CC[C@H]4[C@@]4(C=O)C[C@@H]2C=C(C(C)C)[C@@]34C(=O)OC(c2ccccc2)c2ccccc2)O[C@@H]1C. The lowest BCUT2D eigenvalue weighted by atomic mass is 9.43. The Labute approximate surface area is 278 Å². The normalized spacial score (nSPS) is 42.6. The molecule has 0 unspecified atom stereocenters. The lowest BCUT2D eigenvalue weighted by Gasteiger charge is -2.59. The molecule has 250 valence electrons. The van der Waals surface area contributed by atoms with E-state index in [1.54, 1.807) is 7.11 Å². The molecule has 0 aromatic heterocycles. The summed E-state index contributed by atoms with van der Waals surface area (Å²) in [6, 6.07) is 19.9. The summed E-state index contributed by atoms with van der Waals surface area (Å²) >= 11 is 0. The van der Waals surface area contributed by atoms with E-state index in [4.69, 9.17) is 23.7 Å². The molecule has 2 aliphatic heterocycles. The molecule has 8 rings (SSSR count). The Bertz CT molecular complexity index is 1500. The van der Waals surface area contributed by atoms with Gasteiger partial charge in [-0.2, -0.15) is 0 Å². The second-order valence-corrected chi connectivity index (χ2v) is 15.6. The number of carbonyl (C=O) groups is 2. The van der Waals surface area contributed by atoms with Gasteiger partial charge in [0, 0.05) is 12.5 Å². The van der Waals surface area contributed by atoms with Gasteiger partial charge in [0.2, 0.25) is 0 Å². The van der Waals surface area contributed by atoms with Gasteiger partial charge in [-0.25, -0.2) is 0 Å². The van der Waals surface area contributed by atoms with E-state index in [0.29, 0.717) is 24.9 Å². The number of ether oxygens (including phenoxy) is 5. The van der Waals surface area contributed by atoms with Crippen LogP contribution in [0.2, 0.25) is 0 Å². The molecule has 4 bridgehead atoms. The van der Waals surface area contributed by atoms with Crippen molar-refractivity contribution in [1.29, 1.82) is 0 Å². The molecular weight excluding hydrogens is 592 g/mol. The highest BCUT2D eigenvalue weighted by atomic mass is 16.7. The molecule has 12 atom stereocenters. The maximum atomic E-state index is 15.7. The Morgan fingerprint density at radius 3 is 2.26 bits per heavy atom. The molecule has 47 heavy (non-hydrogen) atoms. The first-order valence-corrected chi connectivity index (χ1v) is 17.7. The van der Waals surface area contributed by atoms with Gasteiger partial charge in [0.15, 0.2) is 12.4 Å².